The van der Waals surface area contributed by atoms with Gasteiger partial charge in [-0.15, -0.1) is 0 Å². The predicted octanol–water partition coefficient (Wildman–Crippen LogP) is 0.0527. The fraction of sp³-hybridized carbons (Fsp3) is 0.312. The third-order valence-corrected chi connectivity index (χ3v) is 4.15. The fourth-order valence-electron chi connectivity index (χ4n) is 2.94. The SMILES string of the molecule is CN1C[C@@H](NC(=O)c2cc(=O)n(-c3ccccc3)[nH]2)C[C@H]1C(=O)O. The van der Waals surface area contributed by atoms with E-state index >= 15 is 0 Å². The monoisotopic (exact) mass is 330 g/mol. The number of carboxylic acids is 1. The number of likely N-dealkylation sites (N-methyl/N-ethyl adjacent to an activating group) is 1. The second-order valence-corrected chi connectivity index (χ2v) is 5.88. The molecule has 1 aliphatic heterocycles. The van der Waals surface area contributed by atoms with Gasteiger partial charge in [0.25, 0.3) is 11.5 Å². The Bertz CT molecular complexity index is 811. The van der Waals surface area contributed by atoms with Gasteiger partial charge in [0.05, 0.1) is 5.69 Å². The number of nitrogens with one attached hydrogen (secondary N) is 2. The average molecular weight is 330 g/mol. The van der Waals surface area contributed by atoms with Crippen LogP contribution in [0, 0.1) is 0 Å². The number of aromatic nitrogens is 2. The number of rotatable bonds is 4. The third-order valence-electron chi connectivity index (χ3n) is 4.15. The van der Waals surface area contributed by atoms with Crippen molar-refractivity contribution in [2.24, 2.45) is 0 Å². The van der Waals surface area contributed by atoms with E-state index in [-0.39, 0.29) is 17.3 Å². The van der Waals surface area contributed by atoms with Gasteiger partial charge in [0.2, 0.25) is 0 Å². The van der Waals surface area contributed by atoms with E-state index in [0.717, 1.165) is 0 Å². The highest BCUT2D eigenvalue weighted by Gasteiger charge is 2.35. The molecule has 126 valence electrons. The molecule has 2 heterocycles. The third kappa shape index (κ3) is 3.09. The van der Waals surface area contributed by atoms with E-state index in [1.807, 2.05) is 6.07 Å². The Labute approximate surface area is 137 Å². The molecule has 0 radical (unpaired) electrons. The summed E-state index contributed by atoms with van der Waals surface area (Å²) in [4.78, 5) is 37.2. The van der Waals surface area contributed by atoms with E-state index in [4.69, 9.17) is 5.11 Å². The maximum Gasteiger partial charge on any atom is 0.320 e. The Morgan fingerprint density at radius 3 is 2.62 bits per heavy atom. The molecule has 0 spiro atoms. The normalized spacial score (nSPS) is 20.9. The standard InChI is InChI=1S/C16H18N4O4/c1-19-9-10(7-13(19)16(23)24)17-15(22)12-8-14(21)20(18-12)11-5-3-2-4-6-11/h2-6,8,10,13,18H,7,9H2,1H3,(H,17,22)(H,23,24)/t10-,13-/m0/s1. The summed E-state index contributed by atoms with van der Waals surface area (Å²) in [7, 11) is 1.71. The molecule has 1 aliphatic rings. The van der Waals surface area contributed by atoms with Crippen molar-refractivity contribution in [3.05, 3.63) is 52.4 Å². The summed E-state index contributed by atoms with van der Waals surface area (Å²) in [5.74, 6) is -1.33. The molecule has 2 aromatic rings. The zero-order chi connectivity index (χ0) is 17.3. The Morgan fingerprint density at radius 1 is 1.29 bits per heavy atom. The van der Waals surface area contributed by atoms with Crippen molar-refractivity contribution < 1.29 is 14.7 Å². The minimum Gasteiger partial charge on any atom is -0.480 e. The summed E-state index contributed by atoms with van der Waals surface area (Å²) in [5.41, 5.74) is 0.441. The zero-order valence-corrected chi connectivity index (χ0v) is 13.1. The maximum absolute atomic E-state index is 12.3. The first kappa shape index (κ1) is 16.0. The van der Waals surface area contributed by atoms with Gasteiger partial charge in [0.1, 0.15) is 11.7 Å². The Hall–Kier alpha value is -2.87. The predicted molar refractivity (Wildman–Crippen MR) is 86.3 cm³/mol. The van der Waals surface area contributed by atoms with E-state index in [1.54, 1.807) is 36.2 Å². The van der Waals surface area contributed by atoms with Gasteiger partial charge in [0, 0.05) is 18.7 Å². The summed E-state index contributed by atoms with van der Waals surface area (Å²) < 4.78 is 1.29. The van der Waals surface area contributed by atoms with E-state index in [0.29, 0.717) is 18.7 Å². The van der Waals surface area contributed by atoms with Crippen LogP contribution in [0.5, 0.6) is 0 Å². The van der Waals surface area contributed by atoms with Crippen LogP contribution in [0.4, 0.5) is 0 Å². The number of hydrogen-bond acceptors (Lipinski definition) is 4. The fourth-order valence-corrected chi connectivity index (χ4v) is 2.94. The van der Waals surface area contributed by atoms with Crippen LogP contribution in [0.15, 0.2) is 41.2 Å². The molecule has 1 saturated heterocycles. The number of para-hydroxylation sites is 1. The first-order chi connectivity index (χ1) is 11.5. The van der Waals surface area contributed by atoms with Gasteiger partial charge >= 0.3 is 5.97 Å². The van der Waals surface area contributed by atoms with Crippen molar-refractivity contribution in [1.82, 2.24) is 20.0 Å². The highest BCUT2D eigenvalue weighted by atomic mass is 16.4. The highest BCUT2D eigenvalue weighted by Crippen LogP contribution is 2.16. The number of H-pyrrole nitrogens is 1. The molecule has 24 heavy (non-hydrogen) atoms. The molecule has 0 aliphatic carbocycles. The smallest absolute Gasteiger partial charge is 0.320 e. The highest BCUT2D eigenvalue weighted by molar-refractivity contribution is 5.92. The van der Waals surface area contributed by atoms with Crippen LogP contribution in [0.1, 0.15) is 16.9 Å². The number of aromatic amines is 1. The van der Waals surface area contributed by atoms with Crippen molar-refractivity contribution in [3.8, 4) is 5.69 Å². The number of likely N-dealkylation sites (tertiary alicyclic amines) is 1. The molecule has 1 aromatic carbocycles. The quantitative estimate of drug-likeness (QED) is 0.734. The van der Waals surface area contributed by atoms with Crippen LogP contribution in [0.3, 0.4) is 0 Å². The number of hydrogen-bond donors (Lipinski definition) is 3. The summed E-state index contributed by atoms with van der Waals surface area (Å²) in [6, 6.07) is 9.28. The minimum absolute atomic E-state index is 0.144. The molecule has 1 fully saturated rings. The molecular formula is C16H18N4O4. The number of amides is 1. The van der Waals surface area contributed by atoms with Gasteiger partial charge in [-0.05, 0) is 25.6 Å². The van der Waals surface area contributed by atoms with Crippen LogP contribution < -0.4 is 10.9 Å². The van der Waals surface area contributed by atoms with Crippen LogP contribution in [-0.2, 0) is 4.79 Å². The number of carboxylic acid groups (broad SMARTS) is 1. The molecule has 3 rings (SSSR count). The van der Waals surface area contributed by atoms with Crippen LogP contribution in [0.25, 0.3) is 5.69 Å². The average Bonchev–Trinajstić information content (AvgIpc) is 3.11. The second kappa shape index (κ2) is 6.32. The van der Waals surface area contributed by atoms with Crippen LogP contribution >= 0.6 is 0 Å². The van der Waals surface area contributed by atoms with Gasteiger partial charge < -0.3 is 10.4 Å². The van der Waals surface area contributed by atoms with Crippen molar-refractivity contribution in [2.45, 2.75) is 18.5 Å². The lowest BCUT2D eigenvalue weighted by molar-refractivity contribution is -0.141. The van der Waals surface area contributed by atoms with Crippen LogP contribution in [-0.4, -0.2) is 57.3 Å². The maximum atomic E-state index is 12.3. The molecule has 8 nitrogen and oxygen atoms in total. The topological polar surface area (TPSA) is 107 Å². The van der Waals surface area contributed by atoms with E-state index in [1.165, 1.54) is 10.7 Å². The summed E-state index contributed by atoms with van der Waals surface area (Å²) in [5, 5.41) is 14.7. The van der Waals surface area contributed by atoms with Gasteiger partial charge in [-0.2, -0.15) is 0 Å². The number of nitrogens with zero attached hydrogens (tertiary/aromatic N) is 2. The summed E-state index contributed by atoms with van der Waals surface area (Å²) in [6.07, 6.45) is 0.335. The molecule has 3 N–H and O–H groups in total. The van der Waals surface area contributed by atoms with Crippen LogP contribution in [0.2, 0.25) is 0 Å². The molecule has 2 atom stereocenters. The molecule has 0 bridgehead atoms. The molecule has 8 heteroatoms. The Morgan fingerprint density at radius 2 is 2.00 bits per heavy atom. The van der Waals surface area contributed by atoms with Gasteiger partial charge in [0.15, 0.2) is 0 Å². The molecule has 1 aromatic heterocycles. The lowest BCUT2D eigenvalue weighted by atomic mass is 10.1. The Kier molecular flexibility index (Phi) is 4.22. The molecule has 0 saturated carbocycles. The summed E-state index contributed by atoms with van der Waals surface area (Å²) >= 11 is 0. The van der Waals surface area contributed by atoms with Gasteiger partial charge in [-0.3, -0.25) is 24.4 Å². The second-order valence-electron chi connectivity index (χ2n) is 5.88. The number of carbonyl (C=O) groups excluding carboxylic acids is 1. The van der Waals surface area contributed by atoms with E-state index in [2.05, 4.69) is 10.4 Å². The molecule has 0 unspecified atom stereocenters. The number of benzene rings is 1. The lowest BCUT2D eigenvalue weighted by Gasteiger charge is -2.13. The van der Waals surface area contributed by atoms with Gasteiger partial charge in [-0.1, -0.05) is 18.2 Å². The number of carbonyl (C=O) groups is 2. The van der Waals surface area contributed by atoms with Gasteiger partial charge in [-0.25, -0.2) is 4.68 Å². The molecule has 1 amide bonds. The van der Waals surface area contributed by atoms with Crippen molar-refractivity contribution in [1.29, 1.82) is 0 Å². The zero-order valence-electron chi connectivity index (χ0n) is 13.1. The first-order valence-corrected chi connectivity index (χ1v) is 7.57. The van der Waals surface area contributed by atoms with Crippen molar-refractivity contribution in [2.75, 3.05) is 13.6 Å². The number of aliphatic carboxylic acids is 1. The van der Waals surface area contributed by atoms with E-state index in [9.17, 15) is 14.4 Å². The summed E-state index contributed by atoms with van der Waals surface area (Å²) in [6.45, 7) is 0.451. The lowest BCUT2D eigenvalue weighted by Crippen LogP contribution is -2.36. The largest absolute Gasteiger partial charge is 0.480 e. The Balaban J connectivity index is 1.73. The van der Waals surface area contributed by atoms with E-state index < -0.39 is 17.9 Å². The molecular weight excluding hydrogens is 312 g/mol. The first-order valence-electron chi connectivity index (χ1n) is 7.57. The minimum atomic E-state index is -0.905. The van der Waals surface area contributed by atoms with Crippen molar-refractivity contribution in [3.63, 3.8) is 0 Å². The van der Waals surface area contributed by atoms with Crippen molar-refractivity contribution >= 4 is 11.9 Å².